The van der Waals surface area contributed by atoms with Crippen LogP contribution in [-0.2, 0) is 12.8 Å². The first kappa shape index (κ1) is 9.58. The standard InChI is InChI=1S/C13H13NO2/c1-8-13(15)16-12-7-10-5-3-2-4-9(10)6-11(12)14-8/h6-7H,2-5H2,1H3. The largest absolute Gasteiger partial charge is 0.420 e. The molecule has 1 aromatic heterocycles. The molecule has 1 heterocycles. The molecule has 1 aliphatic rings. The minimum absolute atomic E-state index is 0.330. The van der Waals surface area contributed by atoms with Gasteiger partial charge in [0.05, 0.1) is 0 Å². The molecule has 3 rings (SSSR count). The molecule has 0 saturated carbocycles. The SMILES string of the molecule is Cc1nc2cc3c(cc2oc1=O)CCCC3. The molecule has 0 N–H and O–H groups in total. The van der Waals surface area contributed by atoms with E-state index in [0.29, 0.717) is 11.3 Å². The van der Waals surface area contributed by atoms with E-state index >= 15 is 0 Å². The van der Waals surface area contributed by atoms with Crippen molar-refractivity contribution in [2.45, 2.75) is 32.6 Å². The van der Waals surface area contributed by atoms with Crippen LogP contribution >= 0.6 is 0 Å². The topological polar surface area (TPSA) is 43.1 Å². The molecule has 16 heavy (non-hydrogen) atoms. The predicted octanol–water partition coefficient (Wildman–Crippen LogP) is 2.38. The molecular weight excluding hydrogens is 202 g/mol. The number of hydrogen-bond donors (Lipinski definition) is 0. The zero-order valence-electron chi connectivity index (χ0n) is 9.25. The van der Waals surface area contributed by atoms with Gasteiger partial charge in [0, 0.05) is 0 Å². The summed E-state index contributed by atoms with van der Waals surface area (Å²) in [6.45, 7) is 1.69. The lowest BCUT2D eigenvalue weighted by Gasteiger charge is -2.15. The van der Waals surface area contributed by atoms with Gasteiger partial charge >= 0.3 is 5.63 Å². The summed E-state index contributed by atoms with van der Waals surface area (Å²) >= 11 is 0. The Morgan fingerprint density at radius 1 is 1.19 bits per heavy atom. The van der Waals surface area contributed by atoms with Gasteiger partial charge in [0.2, 0.25) is 0 Å². The van der Waals surface area contributed by atoms with Crippen molar-refractivity contribution in [3.63, 3.8) is 0 Å². The van der Waals surface area contributed by atoms with Crippen molar-refractivity contribution in [1.82, 2.24) is 4.98 Å². The number of aryl methyl sites for hydroxylation is 3. The maximum Gasteiger partial charge on any atom is 0.357 e. The third-order valence-electron chi connectivity index (χ3n) is 3.21. The summed E-state index contributed by atoms with van der Waals surface area (Å²) in [5.41, 5.74) is 4.20. The third-order valence-corrected chi connectivity index (χ3v) is 3.21. The van der Waals surface area contributed by atoms with E-state index in [1.807, 2.05) is 6.07 Å². The van der Waals surface area contributed by atoms with Crippen molar-refractivity contribution in [2.75, 3.05) is 0 Å². The number of rotatable bonds is 0. The van der Waals surface area contributed by atoms with Gasteiger partial charge in [0.25, 0.3) is 0 Å². The van der Waals surface area contributed by atoms with Gasteiger partial charge in [-0.25, -0.2) is 9.78 Å². The molecule has 0 aliphatic heterocycles. The maximum absolute atomic E-state index is 11.4. The highest BCUT2D eigenvalue weighted by Crippen LogP contribution is 2.25. The van der Waals surface area contributed by atoms with E-state index in [0.717, 1.165) is 18.4 Å². The van der Waals surface area contributed by atoms with Crippen LogP contribution < -0.4 is 5.63 Å². The average Bonchev–Trinajstić information content (AvgIpc) is 2.28. The molecule has 0 radical (unpaired) electrons. The fourth-order valence-electron chi connectivity index (χ4n) is 2.32. The lowest BCUT2D eigenvalue weighted by molar-refractivity contribution is 0.545. The highest BCUT2D eigenvalue weighted by atomic mass is 16.4. The predicted molar refractivity (Wildman–Crippen MR) is 61.7 cm³/mol. The normalized spacial score (nSPS) is 15.1. The van der Waals surface area contributed by atoms with Crippen LogP contribution in [0.25, 0.3) is 11.1 Å². The molecule has 2 aromatic rings. The van der Waals surface area contributed by atoms with Crippen molar-refractivity contribution in [1.29, 1.82) is 0 Å². The third kappa shape index (κ3) is 1.43. The molecule has 1 aromatic carbocycles. The Bertz CT molecular complexity index is 613. The Kier molecular flexibility index (Phi) is 2.06. The van der Waals surface area contributed by atoms with Crippen LogP contribution in [0.4, 0.5) is 0 Å². The minimum Gasteiger partial charge on any atom is -0.420 e. The van der Waals surface area contributed by atoms with Crippen LogP contribution in [0.3, 0.4) is 0 Å². The molecule has 0 unspecified atom stereocenters. The molecule has 3 heteroatoms. The quantitative estimate of drug-likeness (QED) is 0.677. The second kappa shape index (κ2) is 3.44. The lowest BCUT2D eigenvalue weighted by Crippen LogP contribution is -2.08. The Morgan fingerprint density at radius 3 is 2.62 bits per heavy atom. The maximum atomic E-state index is 11.4. The van der Waals surface area contributed by atoms with Gasteiger partial charge < -0.3 is 4.42 Å². The zero-order valence-corrected chi connectivity index (χ0v) is 9.25. The highest BCUT2D eigenvalue weighted by molar-refractivity contribution is 5.74. The Labute approximate surface area is 93.1 Å². The monoisotopic (exact) mass is 215 g/mol. The van der Waals surface area contributed by atoms with Crippen LogP contribution in [0.1, 0.15) is 29.7 Å². The number of benzene rings is 1. The number of hydrogen-bond acceptors (Lipinski definition) is 3. The van der Waals surface area contributed by atoms with Crippen LogP contribution in [-0.4, -0.2) is 4.98 Å². The molecule has 0 atom stereocenters. The fraction of sp³-hybridized carbons (Fsp3) is 0.385. The van der Waals surface area contributed by atoms with Gasteiger partial charge in [0.15, 0.2) is 5.58 Å². The first-order valence-corrected chi connectivity index (χ1v) is 5.67. The van der Waals surface area contributed by atoms with Crippen molar-refractivity contribution in [2.24, 2.45) is 0 Å². The summed E-state index contributed by atoms with van der Waals surface area (Å²) in [4.78, 5) is 15.6. The van der Waals surface area contributed by atoms with Crippen LogP contribution in [0.2, 0.25) is 0 Å². The number of nitrogens with zero attached hydrogens (tertiary/aromatic N) is 1. The van der Waals surface area contributed by atoms with E-state index < -0.39 is 0 Å². The fourth-order valence-corrected chi connectivity index (χ4v) is 2.32. The minimum atomic E-state index is -0.330. The van der Waals surface area contributed by atoms with Gasteiger partial charge in [-0.3, -0.25) is 0 Å². The molecule has 1 aliphatic carbocycles. The lowest BCUT2D eigenvalue weighted by atomic mass is 9.91. The second-order valence-electron chi connectivity index (χ2n) is 4.38. The molecule has 0 amide bonds. The summed E-state index contributed by atoms with van der Waals surface area (Å²) in [7, 11) is 0. The van der Waals surface area contributed by atoms with E-state index in [9.17, 15) is 4.79 Å². The molecular formula is C13H13NO2. The molecule has 3 nitrogen and oxygen atoms in total. The summed E-state index contributed by atoms with van der Waals surface area (Å²) < 4.78 is 5.24. The van der Waals surface area contributed by atoms with Gasteiger partial charge in [-0.15, -0.1) is 0 Å². The smallest absolute Gasteiger partial charge is 0.357 e. The van der Waals surface area contributed by atoms with Gasteiger partial charge in [-0.05, 0) is 55.9 Å². The van der Waals surface area contributed by atoms with Gasteiger partial charge in [-0.2, -0.15) is 0 Å². The highest BCUT2D eigenvalue weighted by Gasteiger charge is 2.12. The van der Waals surface area contributed by atoms with Gasteiger partial charge in [0.1, 0.15) is 11.2 Å². The van der Waals surface area contributed by atoms with Crippen molar-refractivity contribution >= 4 is 11.1 Å². The summed E-state index contributed by atoms with van der Waals surface area (Å²) in [5.74, 6) is 0. The van der Waals surface area contributed by atoms with E-state index in [1.54, 1.807) is 6.92 Å². The molecule has 82 valence electrons. The molecule has 0 saturated heterocycles. The Hall–Kier alpha value is -1.64. The number of aromatic nitrogens is 1. The Morgan fingerprint density at radius 2 is 1.88 bits per heavy atom. The van der Waals surface area contributed by atoms with Crippen molar-refractivity contribution in [3.05, 3.63) is 39.4 Å². The van der Waals surface area contributed by atoms with Gasteiger partial charge in [-0.1, -0.05) is 0 Å². The number of fused-ring (bicyclic) bond motifs is 2. The second-order valence-corrected chi connectivity index (χ2v) is 4.38. The van der Waals surface area contributed by atoms with E-state index in [4.69, 9.17) is 4.42 Å². The van der Waals surface area contributed by atoms with E-state index in [-0.39, 0.29) is 5.63 Å². The van der Waals surface area contributed by atoms with Crippen LogP contribution in [0, 0.1) is 6.92 Å². The first-order valence-electron chi connectivity index (χ1n) is 5.67. The zero-order chi connectivity index (χ0) is 11.1. The van der Waals surface area contributed by atoms with E-state index in [2.05, 4.69) is 11.1 Å². The average molecular weight is 215 g/mol. The van der Waals surface area contributed by atoms with Crippen LogP contribution in [0.5, 0.6) is 0 Å². The molecule has 0 bridgehead atoms. The molecule has 0 fully saturated rings. The van der Waals surface area contributed by atoms with Crippen molar-refractivity contribution in [3.8, 4) is 0 Å². The summed E-state index contributed by atoms with van der Waals surface area (Å²) in [6.07, 6.45) is 4.67. The van der Waals surface area contributed by atoms with Crippen LogP contribution in [0.15, 0.2) is 21.3 Å². The van der Waals surface area contributed by atoms with E-state index in [1.165, 1.54) is 24.0 Å². The summed E-state index contributed by atoms with van der Waals surface area (Å²) in [6, 6.07) is 4.05. The van der Waals surface area contributed by atoms with Crippen molar-refractivity contribution < 1.29 is 4.42 Å². The first-order chi connectivity index (χ1) is 7.74. The Balaban J connectivity index is 2.31. The summed E-state index contributed by atoms with van der Waals surface area (Å²) in [5, 5.41) is 0. The molecule has 0 spiro atoms.